The van der Waals surface area contributed by atoms with Crippen molar-refractivity contribution < 1.29 is 0 Å². The van der Waals surface area contributed by atoms with E-state index in [1.54, 1.807) is 0 Å². The second kappa shape index (κ2) is 7.79. The third-order valence-electron chi connectivity index (χ3n) is 6.06. The predicted octanol–water partition coefficient (Wildman–Crippen LogP) is 4.19. The lowest BCUT2D eigenvalue weighted by Crippen LogP contribution is -2.56. The van der Waals surface area contributed by atoms with Crippen LogP contribution < -0.4 is 5.73 Å². The fourth-order valence-electron chi connectivity index (χ4n) is 4.41. The topological polar surface area (TPSA) is 29.3 Å². The molecule has 2 fully saturated rings. The summed E-state index contributed by atoms with van der Waals surface area (Å²) >= 11 is 0. The van der Waals surface area contributed by atoms with Gasteiger partial charge < -0.3 is 5.73 Å². The standard InChI is InChI=1S/C18H36N2/c1-3-4-5-8-12-18(2,15-19)20-13-11-16-9-6-7-10-17(16)14-20/h16-17H,3-15,19H2,1-2H3. The molecule has 1 aliphatic carbocycles. The van der Waals surface area contributed by atoms with Crippen LogP contribution in [0.15, 0.2) is 0 Å². The molecule has 118 valence electrons. The Bertz CT molecular complexity index is 279. The Morgan fingerprint density at radius 1 is 1.05 bits per heavy atom. The second-order valence-electron chi connectivity index (χ2n) is 7.55. The maximum absolute atomic E-state index is 6.18. The van der Waals surface area contributed by atoms with E-state index in [1.807, 2.05) is 0 Å². The van der Waals surface area contributed by atoms with Gasteiger partial charge in [-0.3, -0.25) is 4.90 Å². The lowest BCUT2D eigenvalue weighted by molar-refractivity contribution is 0.0106. The van der Waals surface area contributed by atoms with Crippen LogP contribution in [0.25, 0.3) is 0 Å². The Balaban J connectivity index is 1.86. The molecule has 2 N–H and O–H groups in total. The van der Waals surface area contributed by atoms with Crippen LogP contribution in [-0.4, -0.2) is 30.1 Å². The van der Waals surface area contributed by atoms with Gasteiger partial charge >= 0.3 is 0 Å². The molecule has 0 spiro atoms. The number of nitrogens with zero attached hydrogens (tertiary/aromatic N) is 1. The number of hydrogen-bond donors (Lipinski definition) is 1. The average Bonchev–Trinajstić information content (AvgIpc) is 2.51. The maximum atomic E-state index is 6.18. The summed E-state index contributed by atoms with van der Waals surface area (Å²) < 4.78 is 0. The molecule has 0 amide bonds. The van der Waals surface area contributed by atoms with Gasteiger partial charge in [-0.25, -0.2) is 0 Å². The van der Waals surface area contributed by atoms with E-state index in [9.17, 15) is 0 Å². The van der Waals surface area contributed by atoms with E-state index in [4.69, 9.17) is 5.73 Å². The van der Waals surface area contributed by atoms with Crippen molar-refractivity contribution in [2.75, 3.05) is 19.6 Å². The molecule has 0 bridgehead atoms. The molecular weight excluding hydrogens is 244 g/mol. The highest BCUT2D eigenvalue weighted by molar-refractivity contribution is 4.93. The third kappa shape index (κ3) is 3.98. The molecule has 3 unspecified atom stereocenters. The van der Waals surface area contributed by atoms with Crippen LogP contribution in [0.3, 0.4) is 0 Å². The van der Waals surface area contributed by atoms with Gasteiger partial charge in [-0.15, -0.1) is 0 Å². The molecule has 0 aromatic heterocycles. The number of rotatable bonds is 7. The highest BCUT2D eigenvalue weighted by atomic mass is 15.2. The zero-order chi connectivity index (χ0) is 14.4. The van der Waals surface area contributed by atoms with E-state index in [0.717, 1.165) is 18.4 Å². The number of likely N-dealkylation sites (tertiary alicyclic amines) is 1. The van der Waals surface area contributed by atoms with Gasteiger partial charge in [-0.2, -0.15) is 0 Å². The highest BCUT2D eigenvalue weighted by Gasteiger charge is 2.38. The molecule has 2 heteroatoms. The van der Waals surface area contributed by atoms with Gasteiger partial charge in [0.05, 0.1) is 0 Å². The van der Waals surface area contributed by atoms with E-state index < -0.39 is 0 Å². The SMILES string of the molecule is CCCCCCC(C)(CN)N1CCC2CCCCC2C1. The Labute approximate surface area is 126 Å². The molecule has 2 nitrogen and oxygen atoms in total. The normalized spacial score (nSPS) is 30.8. The van der Waals surface area contributed by atoms with Crippen LogP contribution in [0.1, 0.15) is 78.1 Å². The number of fused-ring (bicyclic) bond motifs is 1. The number of unbranched alkanes of at least 4 members (excludes halogenated alkanes) is 3. The van der Waals surface area contributed by atoms with Crippen LogP contribution in [-0.2, 0) is 0 Å². The van der Waals surface area contributed by atoms with Crippen molar-refractivity contribution in [3.8, 4) is 0 Å². The molecule has 1 saturated heterocycles. The van der Waals surface area contributed by atoms with E-state index in [2.05, 4.69) is 18.7 Å². The summed E-state index contributed by atoms with van der Waals surface area (Å²) in [5.74, 6) is 2.00. The maximum Gasteiger partial charge on any atom is 0.0303 e. The summed E-state index contributed by atoms with van der Waals surface area (Å²) in [5, 5.41) is 0. The van der Waals surface area contributed by atoms with Crippen LogP contribution in [0.2, 0.25) is 0 Å². The first-order chi connectivity index (χ1) is 9.69. The number of piperidine rings is 1. The van der Waals surface area contributed by atoms with Gasteiger partial charge in [-0.1, -0.05) is 51.9 Å². The fourth-order valence-corrected chi connectivity index (χ4v) is 4.41. The van der Waals surface area contributed by atoms with Crippen molar-refractivity contribution >= 4 is 0 Å². The molecule has 2 rings (SSSR count). The van der Waals surface area contributed by atoms with E-state index in [0.29, 0.717) is 0 Å². The quantitative estimate of drug-likeness (QED) is 0.709. The minimum Gasteiger partial charge on any atom is -0.329 e. The van der Waals surface area contributed by atoms with Crippen molar-refractivity contribution in [1.29, 1.82) is 0 Å². The number of nitrogens with two attached hydrogens (primary N) is 1. The van der Waals surface area contributed by atoms with Gasteiger partial charge in [0.25, 0.3) is 0 Å². The predicted molar refractivity (Wildman–Crippen MR) is 87.9 cm³/mol. The van der Waals surface area contributed by atoms with Gasteiger partial charge in [0, 0.05) is 18.6 Å². The Kier molecular flexibility index (Phi) is 6.35. The molecule has 0 aromatic carbocycles. The summed E-state index contributed by atoms with van der Waals surface area (Å²) in [4.78, 5) is 2.76. The Morgan fingerprint density at radius 3 is 2.50 bits per heavy atom. The van der Waals surface area contributed by atoms with Crippen molar-refractivity contribution in [1.82, 2.24) is 4.90 Å². The number of hydrogen-bond acceptors (Lipinski definition) is 2. The van der Waals surface area contributed by atoms with Gasteiger partial charge in [-0.05, 0) is 44.6 Å². The first-order valence-corrected chi connectivity index (χ1v) is 9.14. The fraction of sp³-hybridized carbons (Fsp3) is 1.00. The largest absolute Gasteiger partial charge is 0.329 e. The van der Waals surface area contributed by atoms with Crippen LogP contribution in [0.5, 0.6) is 0 Å². The summed E-state index contributed by atoms with van der Waals surface area (Å²) in [6.07, 6.45) is 14.1. The van der Waals surface area contributed by atoms with Gasteiger partial charge in [0.1, 0.15) is 0 Å². The molecule has 2 aliphatic rings. The summed E-state index contributed by atoms with van der Waals surface area (Å²) in [7, 11) is 0. The monoisotopic (exact) mass is 280 g/mol. The van der Waals surface area contributed by atoms with Crippen LogP contribution >= 0.6 is 0 Å². The summed E-state index contributed by atoms with van der Waals surface area (Å²) in [6.45, 7) is 8.16. The molecule has 1 aliphatic heterocycles. The molecule has 0 radical (unpaired) electrons. The van der Waals surface area contributed by atoms with E-state index >= 15 is 0 Å². The zero-order valence-corrected chi connectivity index (χ0v) is 13.9. The van der Waals surface area contributed by atoms with Gasteiger partial charge in [0.2, 0.25) is 0 Å². The third-order valence-corrected chi connectivity index (χ3v) is 6.06. The Morgan fingerprint density at radius 2 is 1.80 bits per heavy atom. The first kappa shape index (κ1) is 16.3. The molecule has 0 aromatic rings. The first-order valence-electron chi connectivity index (χ1n) is 9.14. The molecular formula is C18H36N2. The van der Waals surface area contributed by atoms with Crippen LogP contribution in [0.4, 0.5) is 0 Å². The molecule has 1 saturated carbocycles. The molecule has 1 heterocycles. The smallest absolute Gasteiger partial charge is 0.0303 e. The van der Waals surface area contributed by atoms with E-state index in [-0.39, 0.29) is 5.54 Å². The zero-order valence-electron chi connectivity index (χ0n) is 13.9. The molecule has 20 heavy (non-hydrogen) atoms. The molecule has 3 atom stereocenters. The Hall–Kier alpha value is -0.0800. The van der Waals surface area contributed by atoms with Gasteiger partial charge in [0.15, 0.2) is 0 Å². The highest BCUT2D eigenvalue weighted by Crippen LogP contribution is 2.38. The lowest BCUT2D eigenvalue weighted by Gasteiger charge is -2.49. The lowest BCUT2D eigenvalue weighted by atomic mass is 9.73. The summed E-state index contributed by atoms with van der Waals surface area (Å²) in [5.41, 5.74) is 6.44. The van der Waals surface area contributed by atoms with Crippen molar-refractivity contribution in [3.63, 3.8) is 0 Å². The minimum atomic E-state index is 0.260. The van der Waals surface area contributed by atoms with Crippen molar-refractivity contribution in [3.05, 3.63) is 0 Å². The second-order valence-corrected chi connectivity index (χ2v) is 7.55. The van der Waals surface area contributed by atoms with Crippen molar-refractivity contribution in [2.45, 2.75) is 83.6 Å². The van der Waals surface area contributed by atoms with Crippen molar-refractivity contribution in [2.24, 2.45) is 17.6 Å². The van der Waals surface area contributed by atoms with E-state index in [1.165, 1.54) is 77.3 Å². The minimum absolute atomic E-state index is 0.260. The average molecular weight is 280 g/mol. The summed E-state index contributed by atoms with van der Waals surface area (Å²) in [6, 6.07) is 0. The van der Waals surface area contributed by atoms with Crippen LogP contribution in [0, 0.1) is 11.8 Å².